The second-order valence-electron chi connectivity index (χ2n) is 15.5. The number of aliphatic hydroxyl groups is 3. The maximum Gasteiger partial charge on any atom is 0.0693 e. The highest BCUT2D eigenvalue weighted by molar-refractivity contribution is 5.21. The van der Waals surface area contributed by atoms with E-state index in [1.54, 1.807) is 0 Å². The molecule has 0 bridgehead atoms. The molecule has 5 rings (SSSR count). The molecule has 1 heterocycles. The third-order valence-electron chi connectivity index (χ3n) is 13.0. The summed E-state index contributed by atoms with van der Waals surface area (Å²) in [5.74, 6) is 0.984. The van der Waals surface area contributed by atoms with E-state index in [9.17, 15) is 15.3 Å². The van der Waals surface area contributed by atoms with Crippen molar-refractivity contribution >= 4 is 0 Å². The van der Waals surface area contributed by atoms with Gasteiger partial charge in [-0.3, -0.25) is 0 Å². The summed E-state index contributed by atoms with van der Waals surface area (Å²) in [7, 11) is 0. The first-order valence-electron chi connectivity index (χ1n) is 14.3. The van der Waals surface area contributed by atoms with E-state index in [2.05, 4.69) is 55.4 Å². The van der Waals surface area contributed by atoms with Gasteiger partial charge in [-0.1, -0.05) is 34.6 Å². The molecule has 1 aliphatic heterocycles. The summed E-state index contributed by atoms with van der Waals surface area (Å²) in [4.78, 5) is 0. The molecule has 0 aromatic carbocycles. The van der Waals surface area contributed by atoms with Crippen molar-refractivity contribution in [1.29, 1.82) is 0 Å². The van der Waals surface area contributed by atoms with Gasteiger partial charge in [0.25, 0.3) is 0 Å². The molecular formula is C30H52O4. The number of fused-ring (bicyclic) bond motifs is 5. The lowest BCUT2D eigenvalue weighted by atomic mass is 9.34. The standard InChI is InChI=1S/C30H52O4/c1-25(2)12-9-13-30(8,34-25)18-10-15-28(6)23(18)19(31)16-21-27(5)14-11-22(33)26(3,4)24(27)20(32)17-29(21,28)7/h18-24,31-33H,9-17H2,1-8H3/t18-,19+,20+,21+,22-,23-,24-,27-,28+,29-,30+/m0/s1. The summed E-state index contributed by atoms with van der Waals surface area (Å²) in [6.45, 7) is 18.4. The lowest BCUT2D eigenvalue weighted by molar-refractivity contribution is -0.279. The second-order valence-corrected chi connectivity index (χ2v) is 15.5. The van der Waals surface area contributed by atoms with E-state index in [0.717, 1.165) is 51.4 Å². The summed E-state index contributed by atoms with van der Waals surface area (Å²) in [6, 6.07) is 0. The SMILES string of the molecule is CC1(C)CCC[C@](C)([C@H]2CC[C@]3(C)[C@@H]2[C@H](O)C[C@@H]2[C@]4(C)CC[C@H](O)C(C)(C)[C@@H]4[C@H](O)C[C@@]23C)O1. The molecule has 0 aromatic rings. The number of ether oxygens (including phenoxy) is 1. The number of aliphatic hydroxyl groups excluding tert-OH is 3. The highest BCUT2D eigenvalue weighted by Crippen LogP contribution is 2.76. The Bertz CT molecular complexity index is 823. The molecule has 1 saturated heterocycles. The van der Waals surface area contributed by atoms with Gasteiger partial charge in [-0.15, -0.1) is 0 Å². The first-order chi connectivity index (χ1) is 15.5. The lowest BCUT2D eigenvalue weighted by Crippen LogP contribution is -2.70. The number of rotatable bonds is 1. The van der Waals surface area contributed by atoms with Crippen LogP contribution < -0.4 is 0 Å². The van der Waals surface area contributed by atoms with E-state index in [0.29, 0.717) is 11.8 Å². The quantitative estimate of drug-likeness (QED) is 0.453. The summed E-state index contributed by atoms with van der Waals surface area (Å²) in [6.07, 6.45) is 7.79. The first-order valence-corrected chi connectivity index (χ1v) is 14.3. The topological polar surface area (TPSA) is 69.9 Å². The van der Waals surface area contributed by atoms with Crippen LogP contribution in [0.4, 0.5) is 0 Å². The van der Waals surface area contributed by atoms with Gasteiger partial charge >= 0.3 is 0 Å². The third-order valence-corrected chi connectivity index (χ3v) is 13.0. The maximum absolute atomic E-state index is 11.9. The van der Waals surface area contributed by atoms with Crippen LogP contribution in [-0.4, -0.2) is 44.8 Å². The van der Waals surface area contributed by atoms with Crippen LogP contribution >= 0.6 is 0 Å². The molecule has 0 aromatic heterocycles. The average Bonchev–Trinajstić information content (AvgIpc) is 3.07. The zero-order chi connectivity index (χ0) is 25.1. The molecule has 4 aliphatic carbocycles. The Morgan fingerprint density at radius 1 is 0.735 bits per heavy atom. The third kappa shape index (κ3) is 3.16. The largest absolute Gasteiger partial charge is 0.393 e. The van der Waals surface area contributed by atoms with Gasteiger partial charge in [-0.2, -0.15) is 0 Å². The van der Waals surface area contributed by atoms with Crippen molar-refractivity contribution in [1.82, 2.24) is 0 Å². The second kappa shape index (κ2) is 7.45. The fourth-order valence-electron chi connectivity index (χ4n) is 11.5. The normalized spacial score (nSPS) is 58.5. The molecule has 4 saturated carbocycles. The number of hydrogen-bond donors (Lipinski definition) is 3. The minimum atomic E-state index is -0.414. The van der Waals surface area contributed by atoms with Crippen LogP contribution in [0.2, 0.25) is 0 Å². The molecule has 0 amide bonds. The minimum absolute atomic E-state index is 0.0247. The molecule has 4 nitrogen and oxygen atoms in total. The van der Waals surface area contributed by atoms with Crippen molar-refractivity contribution in [3.63, 3.8) is 0 Å². The summed E-state index contributed by atoms with van der Waals surface area (Å²) >= 11 is 0. The molecule has 5 aliphatic rings. The fraction of sp³-hybridized carbons (Fsp3) is 1.00. The van der Waals surface area contributed by atoms with Gasteiger partial charge in [0.05, 0.1) is 29.5 Å². The van der Waals surface area contributed by atoms with E-state index in [1.165, 1.54) is 6.42 Å². The van der Waals surface area contributed by atoms with Crippen LogP contribution in [0, 0.1) is 45.3 Å². The monoisotopic (exact) mass is 476 g/mol. The van der Waals surface area contributed by atoms with Crippen LogP contribution in [0.5, 0.6) is 0 Å². The highest BCUT2D eigenvalue weighted by Gasteiger charge is 2.73. The van der Waals surface area contributed by atoms with Crippen LogP contribution in [0.25, 0.3) is 0 Å². The van der Waals surface area contributed by atoms with Gasteiger partial charge in [0.1, 0.15) is 0 Å². The molecule has 5 fully saturated rings. The van der Waals surface area contributed by atoms with Crippen LogP contribution in [0.15, 0.2) is 0 Å². The van der Waals surface area contributed by atoms with Gasteiger partial charge in [-0.05, 0) is 124 Å². The predicted octanol–water partition coefficient (Wildman–Crippen LogP) is 5.71. The first kappa shape index (κ1) is 25.5. The van der Waals surface area contributed by atoms with Crippen molar-refractivity contribution in [3.8, 4) is 0 Å². The summed E-state index contributed by atoms with van der Waals surface area (Å²) in [5.41, 5.74) is -0.739. The van der Waals surface area contributed by atoms with E-state index in [4.69, 9.17) is 4.74 Å². The Morgan fingerprint density at radius 2 is 1.41 bits per heavy atom. The summed E-state index contributed by atoms with van der Waals surface area (Å²) in [5, 5.41) is 34.6. The fourth-order valence-corrected chi connectivity index (χ4v) is 11.5. The van der Waals surface area contributed by atoms with E-state index >= 15 is 0 Å². The molecule has 196 valence electrons. The molecule has 3 N–H and O–H groups in total. The molecule has 11 atom stereocenters. The Balaban J connectivity index is 1.54. The van der Waals surface area contributed by atoms with Crippen LogP contribution in [0.3, 0.4) is 0 Å². The van der Waals surface area contributed by atoms with Crippen molar-refractivity contribution in [2.45, 2.75) is 143 Å². The minimum Gasteiger partial charge on any atom is -0.393 e. The van der Waals surface area contributed by atoms with E-state index in [-0.39, 0.29) is 56.9 Å². The van der Waals surface area contributed by atoms with E-state index < -0.39 is 6.10 Å². The number of hydrogen-bond acceptors (Lipinski definition) is 4. The zero-order valence-electron chi connectivity index (χ0n) is 23.2. The maximum atomic E-state index is 11.9. The van der Waals surface area contributed by atoms with Crippen molar-refractivity contribution in [2.75, 3.05) is 0 Å². The van der Waals surface area contributed by atoms with Gasteiger partial charge in [0.15, 0.2) is 0 Å². The highest BCUT2D eigenvalue weighted by atomic mass is 16.5. The van der Waals surface area contributed by atoms with Gasteiger partial charge in [0.2, 0.25) is 0 Å². The van der Waals surface area contributed by atoms with Gasteiger partial charge in [-0.25, -0.2) is 0 Å². The average molecular weight is 477 g/mol. The predicted molar refractivity (Wildman–Crippen MR) is 135 cm³/mol. The zero-order valence-corrected chi connectivity index (χ0v) is 23.2. The summed E-state index contributed by atoms with van der Waals surface area (Å²) < 4.78 is 6.83. The van der Waals surface area contributed by atoms with E-state index in [1.807, 2.05) is 0 Å². The molecule has 0 spiro atoms. The molecular weight excluding hydrogens is 424 g/mol. The molecule has 0 unspecified atom stereocenters. The van der Waals surface area contributed by atoms with Gasteiger partial charge in [0, 0.05) is 0 Å². The Morgan fingerprint density at radius 3 is 2.06 bits per heavy atom. The smallest absolute Gasteiger partial charge is 0.0693 e. The molecule has 0 radical (unpaired) electrons. The van der Waals surface area contributed by atoms with Crippen molar-refractivity contribution < 1.29 is 20.1 Å². The Kier molecular flexibility index (Phi) is 5.59. The Hall–Kier alpha value is -0.160. The Labute approximate surface area is 208 Å². The van der Waals surface area contributed by atoms with Crippen LogP contribution in [0.1, 0.15) is 113 Å². The molecule has 4 heteroatoms. The lowest BCUT2D eigenvalue weighted by Gasteiger charge is -2.71. The van der Waals surface area contributed by atoms with Crippen molar-refractivity contribution in [3.05, 3.63) is 0 Å². The van der Waals surface area contributed by atoms with Crippen LogP contribution in [-0.2, 0) is 4.74 Å². The van der Waals surface area contributed by atoms with Crippen molar-refractivity contribution in [2.24, 2.45) is 45.3 Å². The molecule has 34 heavy (non-hydrogen) atoms. The van der Waals surface area contributed by atoms with Gasteiger partial charge < -0.3 is 20.1 Å².